The standard InChI is InChI=1S/C40H31O2P/c1-29(30-15-5-2-6-16-30)42-37-27-25-31-17-11-13-23-35(31)39(37)40-36-24-14-12-18-32(36)26-28-38(40)43(41,33-19-7-3-8-20-33)34-21-9-4-10-22-34/h2-29H,1H3/t29-/m1/s1. The number of benzene rings is 7. The molecular weight excluding hydrogens is 543 g/mol. The zero-order chi connectivity index (χ0) is 29.2. The Morgan fingerprint density at radius 3 is 1.53 bits per heavy atom. The molecule has 2 nitrogen and oxygen atoms in total. The van der Waals surface area contributed by atoms with Crippen LogP contribution in [0.4, 0.5) is 0 Å². The second-order valence-electron chi connectivity index (χ2n) is 10.8. The van der Waals surface area contributed by atoms with Crippen molar-refractivity contribution in [3.8, 4) is 16.9 Å². The van der Waals surface area contributed by atoms with E-state index in [1.54, 1.807) is 0 Å². The highest BCUT2D eigenvalue weighted by Gasteiger charge is 2.34. The lowest BCUT2D eigenvalue weighted by atomic mass is 9.93. The molecule has 0 bridgehead atoms. The van der Waals surface area contributed by atoms with E-state index in [1.165, 1.54) is 0 Å². The fourth-order valence-corrected chi connectivity index (χ4v) is 8.95. The van der Waals surface area contributed by atoms with E-state index < -0.39 is 7.14 Å². The monoisotopic (exact) mass is 574 g/mol. The van der Waals surface area contributed by atoms with Crippen molar-refractivity contribution in [2.24, 2.45) is 0 Å². The minimum absolute atomic E-state index is 0.186. The summed E-state index contributed by atoms with van der Waals surface area (Å²) in [5, 5.41) is 6.70. The fraction of sp³-hybridized carbons (Fsp3) is 0.0500. The van der Waals surface area contributed by atoms with Crippen LogP contribution in [-0.4, -0.2) is 0 Å². The van der Waals surface area contributed by atoms with Crippen LogP contribution in [0.1, 0.15) is 18.6 Å². The van der Waals surface area contributed by atoms with Crippen LogP contribution >= 0.6 is 7.14 Å². The lowest BCUT2D eigenvalue weighted by molar-refractivity contribution is 0.228. The molecular formula is C40H31O2P. The molecule has 43 heavy (non-hydrogen) atoms. The predicted octanol–water partition coefficient (Wildman–Crippen LogP) is 9.44. The molecule has 0 saturated heterocycles. The van der Waals surface area contributed by atoms with Gasteiger partial charge in [-0.25, -0.2) is 0 Å². The Kier molecular flexibility index (Phi) is 7.15. The summed E-state index contributed by atoms with van der Waals surface area (Å²) in [6, 6.07) is 55.2. The number of fused-ring (bicyclic) bond motifs is 2. The van der Waals surface area contributed by atoms with E-state index in [0.29, 0.717) is 0 Å². The molecule has 7 rings (SSSR count). The van der Waals surface area contributed by atoms with E-state index >= 15 is 4.57 Å². The third-order valence-electron chi connectivity index (χ3n) is 8.20. The van der Waals surface area contributed by atoms with Crippen LogP contribution in [0, 0.1) is 0 Å². The molecule has 7 aromatic carbocycles. The van der Waals surface area contributed by atoms with E-state index in [1.807, 2.05) is 78.9 Å². The molecule has 0 unspecified atom stereocenters. The number of ether oxygens (including phenoxy) is 1. The Morgan fingerprint density at radius 2 is 0.953 bits per heavy atom. The molecule has 0 aromatic heterocycles. The Morgan fingerprint density at radius 1 is 0.488 bits per heavy atom. The van der Waals surface area contributed by atoms with Crippen molar-refractivity contribution in [2.75, 3.05) is 0 Å². The molecule has 0 fully saturated rings. The molecule has 3 heteroatoms. The highest BCUT2D eigenvalue weighted by Crippen LogP contribution is 2.50. The lowest BCUT2D eigenvalue weighted by Crippen LogP contribution is -2.26. The van der Waals surface area contributed by atoms with Gasteiger partial charge in [-0.05, 0) is 46.2 Å². The quantitative estimate of drug-likeness (QED) is 0.177. The Bertz CT molecular complexity index is 2040. The zero-order valence-corrected chi connectivity index (χ0v) is 24.8. The maximum Gasteiger partial charge on any atom is 0.171 e. The van der Waals surface area contributed by atoms with Gasteiger partial charge in [0.2, 0.25) is 0 Å². The van der Waals surface area contributed by atoms with E-state index in [4.69, 9.17) is 4.74 Å². The zero-order valence-electron chi connectivity index (χ0n) is 23.9. The maximum atomic E-state index is 15.9. The smallest absolute Gasteiger partial charge is 0.171 e. The van der Waals surface area contributed by atoms with Gasteiger partial charge in [0.05, 0.1) is 0 Å². The first-order chi connectivity index (χ1) is 21.1. The summed E-state index contributed by atoms with van der Waals surface area (Å²) in [6.07, 6.45) is -0.186. The highest BCUT2D eigenvalue weighted by molar-refractivity contribution is 7.85. The van der Waals surface area contributed by atoms with Gasteiger partial charge in [0.1, 0.15) is 11.9 Å². The van der Waals surface area contributed by atoms with Gasteiger partial charge in [0.25, 0.3) is 0 Å². The Hall–Kier alpha value is -4.91. The van der Waals surface area contributed by atoms with Crippen LogP contribution in [0.15, 0.2) is 164 Å². The predicted molar refractivity (Wildman–Crippen MR) is 182 cm³/mol. The van der Waals surface area contributed by atoms with Gasteiger partial charge >= 0.3 is 0 Å². The van der Waals surface area contributed by atoms with Gasteiger partial charge in [-0.15, -0.1) is 0 Å². The molecule has 0 aliphatic heterocycles. The van der Waals surface area contributed by atoms with Gasteiger partial charge in [-0.2, -0.15) is 0 Å². The van der Waals surface area contributed by atoms with Crippen molar-refractivity contribution < 1.29 is 9.30 Å². The van der Waals surface area contributed by atoms with Crippen LogP contribution in [0.2, 0.25) is 0 Å². The second kappa shape index (κ2) is 11.4. The van der Waals surface area contributed by atoms with Crippen molar-refractivity contribution in [1.29, 1.82) is 0 Å². The molecule has 0 N–H and O–H groups in total. The number of rotatable bonds is 7. The average Bonchev–Trinajstić information content (AvgIpc) is 3.08. The fourth-order valence-electron chi connectivity index (χ4n) is 6.08. The van der Waals surface area contributed by atoms with E-state index in [0.717, 1.165) is 59.9 Å². The first-order valence-corrected chi connectivity index (χ1v) is 16.3. The first kappa shape index (κ1) is 27.0. The van der Waals surface area contributed by atoms with Gasteiger partial charge in [0.15, 0.2) is 7.14 Å². The largest absolute Gasteiger partial charge is 0.485 e. The summed E-state index contributed by atoms with van der Waals surface area (Å²) in [6.45, 7) is 2.08. The minimum Gasteiger partial charge on any atom is -0.485 e. The third kappa shape index (κ3) is 4.84. The second-order valence-corrected chi connectivity index (χ2v) is 13.5. The normalized spacial score (nSPS) is 12.3. The molecule has 0 saturated carbocycles. The molecule has 0 aliphatic carbocycles. The summed E-state index contributed by atoms with van der Waals surface area (Å²) < 4.78 is 22.7. The first-order valence-electron chi connectivity index (χ1n) is 14.6. The van der Waals surface area contributed by atoms with Crippen LogP contribution in [0.5, 0.6) is 5.75 Å². The van der Waals surface area contributed by atoms with Crippen LogP contribution < -0.4 is 20.7 Å². The molecule has 1 atom stereocenters. The van der Waals surface area contributed by atoms with E-state index in [9.17, 15) is 0 Å². The number of hydrogen-bond donors (Lipinski definition) is 0. The molecule has 0 radical (unpaired) electrons. The van der Waals surface area contributed by atoms with E-state index in [2.05, 4.69) is 91.9 Å². The van der Waals surface area contributed by atoms with Crippen LogP contribution in [-0.2, 0) is 4.57 Å². The van der Waals surface area contributed by atoms with Crippen LogP contribution in [0.3, 0.4) is 0 Å². The highest BCUT2D eigenvalue weighted by atomic mass is 31.2. The molecule has 0 amide bonds. The van der Waals surface area contributed by atoms with E-state index in [-0.39, 0.29) is 6.10 Å². The Balaban J connectivity index is 1.59. The van der Waals surface area contributed by atoms with Crippen molar-refractivity contribution in [2.45, 2.75) is 13.0 Å². The van der Waals surface area contributed by atoms with Crippen LogP contribution in [0.25, 0.3) is 32.7 Å². The maximum absolute atomic E-state index is 15.9. The van der Waals surface area contributed by atoms with Gasteiger partial charge in [-0.3, -0.25) is 0 Å². The summed E-state index contributed by atoms with van der Waals surface area (Å²) in [5.41, 5.74) is 3.00. The summed E-state index contributed by atoms with van der Waals surface area (Å²) in [7, 11) is -3.33. The van der Waals surface area contributed by atoms with Crippen molar-refractivity contribution in [3.05, 3.63) is 169 Å². The topological polar surface area (TPSA) is 26.3 Å². The summed E-state index contributed by atoms with van der Waals surface area (Å²) in [4.78, 5) is 0. The van der Waals surface area contributed by atoms with Crippen molar-refractivity contribution >= 4 is 44.6 Å². The Labute approximate surface area is 252 Å². The molecule has 0 spiro atoms. The molecule has 0 heterocycles. The SMILES string of the molecule is C[C@@H](Oc1ccc2ccccc2c1-c1c(P(=O)(c2ccccc2)c2ccccc2)ccc2ccccc12)c1ccccc1. The lowest BCUT2D eigenvalue weighted by Gasteiger charge is -2.26. The minimum atomic E-state index is -3.33. The molecule has 7 aromatic rings. The summed E-state index contributed by atoms with van der Waals surface area (Å²) >= 11 is 0. The van der Waals surface area contributed by atoms with Crippen molar-refractivity contribution in [1.82, 2.24) is 0 Å². The average molecular weight is 575 g/mol. The molecule has 0 aliphatic rings. The summed E-state index contributed by atoms with van der Waals surface area (Å²) in [5.74, 6) is 0.764. The third-order valence-corrected chi connectivity index (χ3v) is 11.3. The van der Waals surface area contributed by atoms with Gasteiger partial charge < -0.3 is 9.30 Å². The number of hydrogen-bond acceptors (Lipinski definition) is 2. The molecule has 208 valence electrons. The van der Waals surface area contributed by atoms with Crippen molar-refractivity contribution in [3.63, 3.8) is 0 Å². The van der Waals surface area contributed by atoms with Gasteiger partial charge in [0, 0.05) is 27.0 Å². The van der Waals surface area contributed by atoms with Gasteiger partial charge in [-0.1, -0.05) is 152 Å².